The van der Waals surface area contributed by atoms with Crippen molar-refractivity contribution in [1.29, 1.82) is 0 Å². The summed E-state index contributed by atoms with van der Waals surface area (Å²) in [7, 11) is 1.84. The number of hydrogen-bond acceptors (Lipinski definition) is 6. The number of benzene rings is 1. The van der Waals surface area contributed by atoms with Gasteiger partial charge in [0.15, 0.2) is 0 Å². The lowest BCUT2D eigenvalue weighted by molar-refractivity contribution is -0.124. The molecular formula is C30H40N4O3. The first kappa shape index (κ1) is 24.7. The number of fused-ring (bicyclic) bond motifs is 4. The second kappa shape index (κ2) is 10.6. The predicted octanol–water partition coefficient (Wildman–Crippen LogP) is 5.80. The highest BCUT2D eigenvalue weighted by Gasteiger charge is 2.41. The van der Waals surface area contributed by atoms with Crippen LogP contribution in [0.25, 0.3) is 0 Å². The van der Waals surface area contributed by atoms with Gasteiger partial charge in [-0.2, -0.15) is 0 Å². The molecule has 37 heavy (non-hydrogen) atoms. The van der Waals surface area contributed by atoms with E-state index in [9.17, 15) is 4.79 Å². The number of pyridine rings is 1. The highest BCUT2D eigenvalue weighted by atomic mass is 16.5. The molecule has 1 aromatic carbocycles. The highest BCUT2D eigenvalue weighted by Crippen LogP contribution is 2.44. The summed E-state index contributed by atoms with van der Waals surface area (Å²) in [4.78, 5) is 23.3. The molecule has 1 saturated carbocycles. The fraction of sp³-hybridized carbons (Fsp3) is 0.600. The van der Waals surface area contributed by atoms with Crippen LogP contribution in [0.1, 0.15) is 70.3 Å². The minimum Gasteiger partial charge on any atom is -0.381 e. The lowest BCUT2D eigenvalue weighted by Gasteiger charge is -2.40. The van der Waals surface area contributed by atoms with E-state index in [0.717, 1.165) is 74.3 Å². The minimum atomic E-state index is 0.0323. The first-order valence-electron chi connectivity index (χ1n) is 14.2. The number of hydrogen-bond donors (Lipinski definition) is 1. The number of carbonyl (C=O) groups excluding carboxylic acids is 1. The number of nitrogens with zero attached hydrogens (tertiary/aromatic N) is 3. The summed E-state index contributed by atoms with van der Waals surface area (Å²) in [5.41, 5.74) is 4.19. The quantitative estimate of drug-likeness (QED) is 0.536. The minimum absolute atomic E-state index is 0.0323. The van der Waals surface area contributed by atoms with Crippen molar-refractivity contribution in [2.45, 2.75) is 95.5 Å². The van der Waals surface area contributed by atoms with Crippen LogP contribution in [0.15, 0.2) is 36.5 Å². The number of ether oxygens (including phenoxy) is 2. The highest BCUT2D eigenvalue weighted by molar-refractivity contribution is 6.00. The Kier molecular flexibility index (Phi) is 7.08. The molecule has 6 rings (SSSR count). The van der Waals surface area contributed by atoms with Crippen molar-refractivity contribution in [3.05, 3.63) is 42.1 Å². The zero-order chi connectivity index (χ0) is 25.4. The normalized spacial score (nSPS) is 28.8. The molecule has 1 aliphatic carbocycles. The Bertz CT molecular complexity index is 1100. The maximum Gasteiger partial charge on any atom is 0.230 e. The number of anilines is 4. The average molecular weight is 505 g/mol. The van der Waals surface area contributed by atoms with Crippen LogP contribution in [-0.2, 0) is 20.8 Å². The van der Waals surface area contributed by atoms with Crippen LogP contribution in [0, 0.1) is 5.92 Å². The maximum atomic E-state index is 14.1. The third-order valence-electron chi connectivity index (χ3n) is 8.91. The van der Waals surface area contributed by atoms with Gasteiger partial charge in [0.25, 0.3) is 0 Å². The second-order valence-corrected chi connectivity index (χ2v) is 11.2. The van der Waals surface area contributed by atoms with E-state index in [1.165, 1.54) is 18.5 Å². The predicted molar refractivity (Wildman–Crippen MR) is 146 cm³/mol. The molecule has 2 unspecified atom stereocenters. The van der Waals surface area contributed by atoms with Gasteiger partial charge in [-0.15, -0.1) is 0 Å². The summed E-state index contributed by atoms with van der Waals surface area (Å²) < 4.78 is 11.7. The summed E-state index contributed by atoms with van der Waals surface area (Å²) in [5, 5.41) is 3.54. The molecule has 3 aliphatic heterocycles. The van der Waals surface area contributed by atoms with Gasteiger partial charge in [0.1, 0.15) is 5.82 Å². The van der Waals surface area contributed by atoms with E-state index in [0.29, 0.717) is 30.8 Å². The molecule has 1 N–H and O–H groups in total. The topological polar surface area (TPSA) is 66.9 Å². The Morgan fingerprint density at radius 1 is 1.05 bits per heavy atom. The van der Waals surface area contributed by atoms with E-state index < -0.39 is 0 Å². The fourth-order valence-electron chi connectivity index (χ4n) is 6.99. The van der Waals surface area contributed by atoms with Crippen LogP contribution in [-0.4, -0.2) is 48.9 Å². The van der Waals surface area contributed by atoms with Gasteiger partial charge in [-0.05, 0) is 82.1 Å². The molecule has 7 nitrogen and oxygen atoms in total. The molecule has 3 fully saturated rings. The van der Waals surface area contributed by atoms with Crippen molar-refractivity contribution >= 4 is 28.8 Å². The van der Waals surface area contributed by atoms with E-state index in [-0.39, 0.29) is 11.8 Å². The summed E-state index contributed by atoms with van der Waals surface area (Å²) in [6.45, 7) is 3.49. The van der Waals surface area contributed by atoms with Crippen molar-refractivity contribution in [3.63, 3.8) is 0 Å². The molecule has 198 valence electrons. The summed E-state index contributed by atoms with van der Waals surface area (Å²) in [6.07, 6.45) is 11.8. The first-order chi connectivity index (χ1) is 18.1. The van der Waals surface area contributed by atoms with Crippen LogP contribution >= 0.6 is 0 Å². The molecule has 2 atom stereocenters. The molecule has 1 amide bonds. The summed E-state index contributed by atoms with van der Waals surface area (Å²) in [5.74, 6) is 1.10. The molecular weight excluding hydrogens is 464 g/mol. The van der Waals surface area contributed by atoms with E-state index >= 15 is 0 Å². The fourth-order valence-corrected chi connectivity index (χ4v) is 6.99. The Hall–Kier alpha value is -2.64. The van der Waals surface area contributed by atoms with Crippen LogP contribution in [0.4, 0.5) is 22.9 Å². The van der Waals surface area contributed by atoms with Gasteiger partial charge in [0.05, 0.1) is 30.1 Å². The van der Waals surface area contributed by atoms with Gasteiger partial charge in [-0.1, -0.05) is 13.0 Å². The Labute approximate surface area is 220 Å². The first-order valence-corrected chi connectivity index (χ1v) is 14.2. The number of piperidine rings is 1. The third kappa shape index (κ3) is 4.84. The number of aromatic nitrogens is 1. The molecule has 2 aromatic rings. The SMILES string of the molecule is CCCOC1CCC(C(=O)N2Cc3cccnc3Nc3ccc(N4C5CCC4CC(OC)C5)cc32)CC1. The van der Waals surface area contributed by atoms with Gasteiger partial charge >= 0.3 is 0 Å². The standard InChI is InChI=1S/C30H40N4O3/c1-3-15-37-25-11-6-20(7-12-25)30(35)33-19-21-5-4-14-31-29(21)32-27-13-10-24(18-28(27)33)34-22-8-9-23(34)17-26(16-22)36-2/h4-5,10,13-14,18,20,22-23,25-26H,3,6-9,11-12,15-17,19H2,1-2H3,(H,31,32). The van der Waals surface area contributed by atoms with Gasteiger partial charge in [-0.25, -0.2) is 4.98 Å². The van der Waals surface area contributed by atoms with Crippen LogP contribution in [0.2, 0.25) is 0 Å². The number of nitrogens with one attached hydrogen (secondary N) is 1. The van der Waals surface area contributed by atoms with E-state index in [4.69, 9.17) is 9.47 Å². The number of rotatable bonds is 6. The van der Waals surface area contributed by atoms with Gasteiger partial charge in [0, 0.05) is 49.2 Å². The molecule has 1 aromatic heterocycles. The number of methoxy groups -OCH3 is 1. The van der Waals surface area contributed by atoms with E-state index in [1.54, 1.807) is 0 Å². The van der Waals surface area contributed by atoms with Crippen LogP contribution in [0.3, 0.4) is 0 Å². The summed E-state index contributed by atoms with van der Waals surface area (Å²) in [6, 6.07) is 11.7. The van der Waals surface area contributed by atoms with Crippen molar-refractivity contribution in [3.8, 4) is 0 Å². The van der Waals surface area contributed by atoms with E-state index in [1.807, 2.05) is 24.3 Å². The Balaban J connectivity index is 1.29. The molecule has 7 heteroatoms. The number of amides is 1. The Morgan fingerprint density at radius 2 is 1.84 bits per heavy atom. The second-order valence-electron chi connectivity index (χ2n) is 11.2. The monoisotopic (exact) mass is 504 g/mol. The molecule has 4 heterocycles. The zero-order valence-corrected chi connectivity index (χ0v) is 22.2. The van der Waals surface area contributed by atoms with Crippen molar-refractivity contribution in [2.24, 2.45) is 5.92 Å². The smallest absolute Gasteiger partial charge is 0.230 e. The third-order valence-corrected chi connectivity index (χ3v) is 8.91. The van der Waals surface area contributed by atoms with Gasteiger partial charge < -0.3 is 24.6 Å². The van der Waals surface area contributed by atoms with Crippen LogP contribution in [0.5, 0.6) is 0 Å². The lowest BCUT2D eigenvalue weighted by Crippen LogP contribution is -2.45. The molecule has 0 radical (unpaired) electrons. The molecule has 4 aliphatic rings. The molecule has 0 spiro atoms. The summed E-state index contributed by atoms with van der Waals surface area (Å²) >= 11 is 0. The molecule has 2 bridgehead atoms. The Morgan fingerprint density at radius 3 is 2.57 bits per heavy atom. The van der Waals surface area contributed by atoms with Crippen molar-refractivity contribution in [1.82, 2.24) is 4.98 Å². The van der Waals surface area contributed by atoms with Crippen LogP contribution < -0.4 is 15.1 Å². The van der Waals surface area contributed by atoms with Crippen molar-refractivity contribution < 1.29 is 14.3 Å². The number of carbonyl (C=O) groups is 1. The zero-order valence-electron chi connectivity index (χ0n) is 22.2. The maximum absolute atomic E-state index is 14.1. The lowest BCUT2D eigenvalue weighted by atomic mass is 9.86. The molecule has 2 saturated heterocycles. The largest absolute Gasteiger partial charge is 0.381 e. The van der Waals surface area contributed by atoms with E-state index in [2.05, 4.69) is 46.4 Å². The van der Waals surface area contributed by atoms with Gasteiger partial charge in [-0.3, -0.25) is 4.79 Å². The average Bonchev–Trinajstić information content (AvgIpc) is 3.10. The van der Waals surface area contributed by atoms with Crippen molar-refractivity contribution in [2.75, 3.05) is 28.8 Å². The van der Waals surface area contributed by atoms with Gasteiger partial charge in [0.2, 0.25) is 5.91 Å².